The Balaban J connectivity index is 2.58. The summed E-state index contributed by atoms with van der Waals surface area (Å²) in [6, 6.07) is 7.86. The number of ether oxygens (including phenoxy) is 2. The summed E-state index contributed by atoms with van der Waals surface area (Å²) < 4.78 is 10.0. The van der Waals surface area contributed by atoms with Gasteiger partial charge in [0.15, 0.2) is 6.79 Å². The molecule has 0 aliphatic rings. The van der Waals surface area contributed by atoms with Crippen LogP contribution in [0.3, 0.4) is 0 Å². The third kappa shape index (κ3) is 3.30. The van der Waals surface area contributed by atoms with Crippen molar-refractivity contribution in [3.8, 4) is 5.75 Å². The van der Waals surface area contributed by atoms with Crippen LogP contribution in [0, 0.1) is 0 Å². The number of rotatable bonds is 4. The highest BCUT2D eigenvalue weighted by Gasteiger charge is 1.91. The van der Waals surface area contributed by atoms with E-state index in [0.717, 1.165) is 5.75 Å². The lowest BCUT2D eigenvalue weighted by Crippen LogP contribution is -1.98. The Bertz CT molecular complexity index is 262. The van der Waals surface area contributed by atoms with Crippen molar-refractivity contribution >= 4 is 6.08 Å². The number of methoxy groups -OCH3 is 1. The second kappa shape index (κ2) is 5.38. The molecule has 0 N–H and O–H groups in total. The fourth-order valence-corrected chi connectivity index (χ4v) is 0.995. The monoisotopic (exact) mass is 178 g/mol. The summed E-state index contributed by atoms with van der Waals surface area (Å²) >= 11 is 0. The van der Waals surface area contributed by atoms with Crippen LogP contribution in [0.15, 0.2) is 30.3 Å². The molecule has 0 bridgehead atoms. The number of hydrogen-bond acceptors (Lipinski definition) is 2. The zero-order chi connectivity index (χ0) is 9.52. The molecule has 0 atom stereocenters. The minimum Gasteiger partial charge on any atom is -0.468 e. The topological polar surface area (TPSA) is 18.5 Å². The van der Waals surface area contributed by atoms with Crippen LogP contribution >= 0.6 is 0 Å². The summed E-state index contributed by atoms with van der Waals surface area (Å²) in [5, 5.41) is 0. The molecule has 0 aliphatic carbocycles. The molecule has 1 aromatic rings. The van der Waals surface area contributed by atoms with Crippen LogP contribution in [0.5, 0.6) is 5.75 Å². The highest BCUT2D eigenvalue weighted by molar-refractivity contribution is 5.50. The Morgan fingerprint density at radius 3 is 2.46 bits per heavy atom. The van der Waals surface area contributed by atoms with Crippen molar-refractivity contribution in [3.05, 3.63) is 35.9 Å². The second-order valence-corrected chi connectivity index (χ2v) is 2.62. The lowest BCUT2D eigenvalue weighted by Gasteiger charge is -2.03. The summed E-state index contributed by atoms with van der Waals surface area (Å²) in [7, 11) is 1.61. The zero-order valence-corrected chi connectivity index (χ0v) is 7.99. The predicted octanol–water partition coefficient (Wildman–Crippen LogP) is 2.70. The average Bonchev–Trinajstić information content (AvgIpc) is 2.17. The van der Waals surface area contributed by atoms with E-state index in [-0.39, 0.29) is 0 Å². The van der Waals surface area contributed by atoms with Crippen molar-refractivity contribution in [2.24, 2.45) is 0 Å². The first kappa shape index (κ1) is 9.81. The van der Waals surface area contributed by atoms with Crippen molar-refractivity contribution in [1.29, 1.82) is 0 Å². The molecule has 2 nitrogen and oxygen atoms in total. The van der Waals surface area contributed by atoms with Gasteiger partial charge in [-0.25, -0.2) is 0 Å². The van der Waals surface area contributed by atoms with Gasteiger partial charge in [0.25, 0.3) is 0 Å². The Morgan fingerprint density at radius 1 is 1.23 bits per heavy atom. The molecule has 0 spiro atoms. The summed E-state index contributed by atoms with van der Waals surface area (Å²) in [5.41, 5.74) is 1.17. The van der Waals surface area contributed by atoms with E-state index in [0.29, 0.717) is 6.79 Å². The van der Waals surface area contributed by atoms with Gasteiger partial charge in [0.1, 0.15) is 5.75 Å². The number of allylic oxidation sites excluding steroid dienone is 1. The molecule has 0 radical (unpaired) electrons. The summed E-state index contributed by atoms with van der Waals surface area (Å²) in [6.45, 7) is 2.29. The molecule has 70 valence electrons. The molecule has 1 rings (SSSR count). The van der Waals surface area contributed by atoms with Crippen LogP contribution in [0.2, 0.25) is 0 Å². The van der Waals surface area contributed by atoms with E-state index >= 15 is 0 Å². The van der Waals surface area contributed by atoms with Gasteiger partial charge in [-0.05, 0) is 24.6 Å². The average molecular weight is 178 g/mol. The van der Waals surface area contributed by atoms with E-state index in [1.807, 2.05) is 43.3 Å². The van der Waals surface area contributed by atoms with Gasteiger partial charge in [-0.3, -0.25) is 0 Å². The quantitative estimate of drug-likeness (QED) is 0.660. The van der Waals surface area contributed by atoms with Crippen LogP contribution in [0.1, 0.15) is 12.5 Å². The Hall–Kier alpha value is -1.28. The minimum absolute atomic E-state index is 0.295. The first-order valence-electron chi connectivity index (χ1n) is 4.21. The van der Waals surface area contributed by atoms with Gasteiger partial charge in [-0.2, -0.15) is 0 Å². The van der Waals surface area contributed by atoms with Gasteiger partial charge in [0, 0.05) is 7.11 Å². The Morgan fingerprint density at radius 2 is 1.92 bits per heavy atom. The predicted molar refractivity (Wildman–Crippen MR) is 53.7 cm³/mol. The Labute approximate surface area is 78.8 Å². The van der Waals surface area contributed by atoms with Gasteiger partial charge in [-0.15, -0.1) is 0 Å². The third-order valence-corrected chi connectivity index (χ3v) is 1.58. The standard InChI is InChI=1S/C11H14O2/c1-3-4-10-5-7-11(8-6-10)13-9-12-2/h3-8H,9H2,1-2H3. The lowest BCUT2D eigenvalue weighted by atomic mass is 10.2. The van der Waals surface area contributed by atoms with Gasteiger partial charge in [0.05, 0.1) is 0 Å². The van der Waals surface area contributed by atoms with E-state index < -0.39 is 0 Å². The fourth-order valence-electron chi connectivity index (χ4n) is 0.995. The van der Waals surface area contributed by atoms with Crippen LogP contribution in [0.25, 0.3) is 6.08 Å². The molecule has 1 aromatic carbocycles. The fraction of sp³-hybridized carbons (Fsp3) is 0.273. The lowest BCUT2D eigenvalue weighted by molar-refractivity contribution is 0.0511. The molecule has 0 unspecified atom stereocenters. The summed E-state index contributed by atoms with van der Waals surface area (Å²) in [6.07, 6.45) is 4.05. The normalized spacial score (nSPS) is 10.6. The molecule has 0 amide bonds. The van der Waals surface area contributed by atoms with Crippen molar-refractivity contribution < 1.29 is 9.47 Å². The maximum absolute atomic E-state index is 5.24. The summed E-state index contributed by atoms with van der Waals surface area (Å²) in [4.78, 5) is 0. The molecule has 0 fully saturated rings. The van der Waals surface area contributed by atoms with E-state index in [1.165, 1.54) is 5.56 Å². The van der Waals surface area contributed by atoms with Crippen molar-refractivity contribution in [2.75, 3.05) is 13.9 Å². The van der Waals surface area contributed by atoms with Gasteiger partial charge >= 0.3 is 0 Å². The zero-order valence-electron chi connectivity index (χ0n) is 7.99. The third-order valence-electron chi connectivity index (χ3n) is 1.58. The van der Waals surface area contributed by atoms with Crippen molar-refractivity contribution in [3.63, 3.8) is 0 Å². The molecule has 0 aromatic heterocycles. The van der Waals surface area contributed by atoms with Crippen LogP contribution in [-0.4, -0.2) is 13.9 Å². The van der Waals surface area contributed by atoms with E-state index in [9.17, 15) is 0 Å². The first-order valence-corrected chi connectivity index (χ1v) is 4.21. The van der Waals surface area contributed by atoms with Gasteiger partial charge in [0.2, 0.25) is 0 Å². The maximum atomic E-state index is 5.24. The largest absolute Gasteiger partial charge is 0.468 e. The van der Waals surface area contributed by atoms with Gasteiger partial charge < -0.3 is 9.47 Å². The van der Waals surface area contributed by atoms with E-state index in [1.54, 1.807) is 7.11 Å². The number of benzene rings is 1. The second-order valence-electron chi connectivity index (χ2n) is 2.62. The van der Waals surface area contributed by atoms with Crippen LogP contribution in [-0.2, 0) is 4.74 Å². The highest BCUT2D eigenvalue weighted by Crippen LogP contribution is 2.12. The highest BCUT2D eigenvalue weighted by atomic mass is 16.7. The maximum Gasteiger partial charge on any atom is 0.188 e. The van der Waals surface area contributed by atoms with Crippen LogP contribution in [0.4, 0.5) is 0 Å². The molecule has 0 aliphatic heterocycles. The smallest absolute Gasteiger partial charge is 0.188 e. The molecule has 0 saturated heterocycles. The SMILES string of the molecule is CC=Cc1ccc(OCOC)cc1. The van der Waals surface area contributed by atoms with Crippen molar-refractivity contribution in [2.45, 2.75) is 6.92 Å². The molecule has 0 saturated carbocycles. The summed E-state index contributed by atoms with van der Waals surface area (Å²) in [5.74, 6) is 0.829. The Kier molecular flexibility index (Phi) is 4.06. The molecular weight excluding hydrogens is 164 g/mol. The molecule has 2 heteroatoms. The first-order chi connectivity index (χ1) is 6.36. The van der Waals surface area contributed by atoms with Crippen LogP contribution < -0.4 is 4.74 Å². The van der Waals surface area contributed by atoms with E-state index in [2.05, 4.69) is 0 Å². The van der Waals surface area contributed by atoms with Crippen molar-refractivity contribution in [1.82, 2.24) is 0 Å². The molecular formula is C11H14O2. The minimum atomic E-state index is 0.295. The van der Waals surface area contributed by atoms with Gasteiger partial charge in [-0.1, -0.05) is 24.3 Å². The molecule has 0 heterocycles. The number of hydrogen-bond donors (Lipinski definition) is 0. The van der Waals surface area contributed by atoms with E-state index in [4.69, 9.17) is 9.47 Å². The molecule has 13 heavy (non-hydrogen) atoms.